The van der Waals surface area contributed by atoms with E-state index in [0.29, 0.717) is 23.5 Å². The van der Waals surface area contributed by atoms with Crippen LogP contribution in [0.4, 0.5) is 0 Å². The van der Waals surface area contributed by atoms with Gasteiger partial charge in [0.25, 0.3) is 5.91 Å². The molecule has 0 fully saturated rings. The maximum absolute atomic E-state index is 12.1. The van der Waals surface area contributed by atoms with Crippen LogP contribution in [0.15, 0.2) is 54.6 Å². The van der Waals surface area contributed by atoms with E-state index >= 15 is 0 Å². The largest absolute Gasteiger partial charge is 0.493 e. The third-order valence-electron chi connectivity index (χ3n) is 4.29. The molecule has 0 aliphatic rings. The van der Waals surface area contributed by atoms with E-state index in [1.165, 1.54) is 33.3 Å². The molecule has 0 heterocycles. The van der Waals surface area contributed by atoms with Crippen LogP contribution in [0.3, 0.4) is 0 Å². The first kappa shape index (κ1) is 22.7. The Balaban J connectivity index is 1.90. The fourth-order valence-electron chi connectivity index (χ4n) is 2.77. The molecule has 1 atom stereocenters. The first-order valence-electron chi connectivity index (χ1n) is 9.34. The summed E-state index contributed by atoms with van der Waals surface area (Å²) in [6, 6.07) is 13.9. The number of esters is 1. The SMILES string of the molecule is COc1cccc(/C=C/C(=O)OCC(=O)NC(Cc2ccccc2)C(C)=O)c1OC. The van der Waals surface area contributed by atoms with Crippen LogP contribution < -0.4 is 14.8 Å². The average molecular weight is 411 g/mol. The Bertz CT molecular complexity index is 907. The van der Waals surface area contributed by atoms with Crippen LogP contribution in [0.1, 0.15) is 18.1 Å². The Labute approximate surface area is 175 Å². The van der Waals surface area contributed by atoms with Gasteiger partial charge in [-0.2, -0.15) is 0 Å². The molecule has 7 heteroatoms. The quantitative estimate of drug-likeness (QED) is 0.477. The topological polar surface area (TPSA) is 90.9 Å². The van der Waals surface area contributed by atoms with Gasteiger partial charge in [0.2, 0.25) is 0 Å². The molecule has 2 rings (SSSR count). The van der Waals surface area contributed by atoms with Gasteiger partial charge >= 0.3 is 5.97 Å². The number of hydrogen-bond donors (Lipinski definition) is 1. The second-order valence-electron chi connectivity index (χ2n) is 6.44. The lowest BCUT2D eigenvalue weighted by Crippen LogP contribution is -2.43. The van der Waals surface area contributed by atoms with Gasteiger partial charge in [0, 0.05) is 11.6 Å². The minimum atomic E-state index is -0.697. The van der Waals surface area contributed by atoms with Crippen molar-refractivity contribution in [3.05, 3.63) is 65.7 Å². The van der Waals surface area contributed by atoms with E-state index in [-0.39, 0.29) is 5.78 Å². The standard InChI is InChI=1S/C23H25NO6/c1-16(25)19(14-17-8-5-4-6-9-17)24-21(26)15-30-22(27)13-12-18-10-7-11-20(28-2)23(18)29-3/h4-13,19H,14-15H2,1-3H3,(H,24,26)/b13-12+. The van der Waals surface area contributed by atoms with Gasteiger partial charge in [0.15, 0.2) is 23.9 Å². The molecule has 0 aliphatic heterocycles. The molecule has 0 saturated heterocycles. The van der Waals surface area contributed by atoms with Crippen molar-refractivity contribution >= 4 is 23.7 Å². The number of Topliss-reactive ketones (excluding diaryl/α,β-unsaturated/α-hetero) is 1. The van der Waals surface area contributed by atoms with Crippen molar-refractivity contribution in [2.24, 2.45) is 0 Å². The molecular formula is C23H25NO6. The van der Waals surface area contributed by atoms with E-state index in [1.807, 2.05) is 30.3 Å². The van der Waals surface area contributed by atoms with E-state index in [0.717, 1.165) is 5.56 Å². The first-order valence-corrected chi connectivity index (χ1v) is 9.34. The van der Waals surface area contributed by atoms with Crippen molar-refractivity contribution in [2.45, 2.75) is 19.4 Å². The summed E-state index contributed by atoms with van der Waals surface area (Å²) < 4.78 is 15.5. The zero-order chi connectivity index (χ0) is 21.9. The molecule has 7 nitrogen and oxygen atoms in total. The highest BCUT2D eigenvalue weighted by atomic mass is 16.5. The van der Waals surface area contributed by atoms with Gasteiger partial charge in [-0.1, -0.05) is 42.5 Å². The summed E-state index contributed by atoms with van der Waals surface area (Å²) in [6.07, 6.45) is 3.07. The number of rotatable bonds is 10. The molecule has 0 saturated carbocycles. The third-order valence-corrected chi connectivity index (χ3v) is 4.29. The van der Waals surface area contributed by atoms with Crippen LogP contribution in [-0.2, 0) is 25.5 Å². The molecule has 158 valence electrons. The van der Waals surface area contributed by atoms with E-state index < -0.39 is 24.5 Å². The predicted molar refractivity (Wildman–Crippen MR) is 112 cm³/mol. The van der Waals surface area contributed by atoms with Gasteiger partial charge in [0.1, 0.15) is 0 Å². The number of carbonyl (C=O) groups excluding carboxylic acids is 3. The Kier molecular flexibility index (Phi) is 8.62. The van der Waals surface area contributed by atoms with Crippen LogP contribution >= 0.6 is 0 Å². The van der Waals surface area contributed by atoms with Crippen LogP contribution in [0.25, 0.3) is 6.08 Å². The molecule has 0 bridgehead atoms. The summed E-state index contributed by atoms with van der Waals surface area (Å²) in [5.74, 6) is -0.416. The number of nitrogens with one attached hydrogen (secondary N) is 1. The maximum Gasteiger partial charge on any atom is 0.331 e. The molecule has 0 aromatic heterocycles. The Morgan fingerprint density at radius 2 is 1.73 bits per heavy atom. The molecule has 1 unspecified atom stereocenters. The number of ether oxygens (including phenoxy) is 3. The Hall–Kier alpha value is -3.61. The highest BCUT2D eigenvalue weighted by Crippen LogP contribution is 2.31. The fourth-order valence-corrected chi connectivity index (χ4v) is 2.77. The number of amides is 1. The van der Waals surface area contributed by atoms with E-state index in [1.54, 1.807) is 18.2 Å². The van der Waals surface area contributed by atoms with Gasteiger partial charge in [-0.3, -0.25) is 9.59 Å². The lowest BCUT2D eigenvalue weighted by atomic mass is 10.0. The molecule has 1 N–H and O–H groups in total. The van der Waals surface area contributed by atoms with Crippen molar-refractivity contribution < 1.29 is 28.6 Å². The van der Waals surface area contributed by atoms with Crippen molar-refractivity contribution in [3.8, 4) is 11.5 Å². The number of ketones is 1. The first-order chi connectivity index (χ1) is 14.4. The Morgan fingerprint density at radius 3 is 2.37 bits per heavy atom. The molecule has 0 spiro atoms. The number of methoxy groups -OCH3 is 2. The smallest absolute Gasteiger partial charge is 0.331 e. The molecule has 0 radical (unpaired) electrons. The average Bonchev–Trinajstić information content (AvgIpc) is 2.75. The zero-order valence-corrected chi connectivity index (χ0v) is 17.2. The van der Waals surface area contributed by atoms with E-state index in [4.69, 9.17) is 14.2 Å². The molecule has 0 aliphatic carbocycles. The molecule has 2 aromatic rings. The number of benzene rings is 2. The minimum Gasteiger partial charge on any atom is -0.493 e. The number of hydrogen-bond acceptors (Lipinski definition) is 6. The lowest BCUT2D eigenvalue weighted by Gasteiger charge is -2.16. The van der Waals surface area contributed by atoms with E-state index in [9.17, 15) is 14.4 Å². The number of carbonyl (C=O) groups is 3. The van der Waals surface area contributed by atoms with Gasteiger partial charge in [-0.25, -0.2) is 4.79 Å². The summed E-state index contributed by atoms with van der Waals surface area (Å²) in [4.78, 5) is 35.9. The highest BCUT2D eigenvalue weighted by Gasteiger charge is 2.18. The van der Waals surface area contributed by atoms with Crippen LogP contribution in [0.2, 0.25) is 0 Å². The summed E-state index contributed by atoms with van der Waals surface area (Å²) >= 11 is 0. The molecule has 1 amide bonds. The van der Waals surface area contributed by atoms with Crippen molar-refractivity contribution in [2.75, 3.05) is 20.8 Å². The zero-order valence-electron chi connectivity index (χ0n) is 17.2. The maximum atomic E-state index is 12.1. The van der Waals surface area contributed by atoms with Gasteiger partial charge in [-0.15, -0.1) is 0 Å². The van der Waals surface area contributed by atoms with Crippen molar-refractivity contribution in [1.82, 2.24) is 5.32 Å². The molecule has 2 aromatic carbocycles. The normalized spacial score (nSPS) is 11.6. The third kappa shape index (κ3) is 6.77. The minimum absolute atomic E-state index is 0.177. The van der Waals surface area contributed by atoms with Crippen LogP contribution in [0.5, 0.6) is 11.5 Å². The number of para-hydroxylation sites is 1. The summed E-state index contributed by atoms with van der Waals surface area (Å²) in [7, 11) is 3.02. The highest BCUT2D eigenvalue weighted by molar-refractivity contribution is 5.91. The predicted octanol–water partition coefficient (Wildman–Crippen LogP) is 2.58. The second-order valence-corrected chi connectivity index (χ2v) is 6.44. The van der Waals surface area contributed by atoms with Crippen LogP contribution in [0, 0.1) is 0 Å². The van der Waals surface area contributed by atoms with Crippen molar-refractivity contribution in [3.63, 3.8) is 0 Å². The summed E-state index contributed by atoms with van der Waals surface area (Å²) in [5.41, 5.74) is 1.54. The van der Waals surface area contributed by atoms with Gasteiger partial charge in [-0.05, 0) is 31.1 Å². The van der Waals surface area contributed by atoms with Crippen LogP contribution in [-0.4, -0.2) is 44.5 Å². The fraction of sp³-hybridized carbons (Fsp3) is 0.261. The van der Waals surface area contributed by atoms with E-state index in [2.05, 4.69) is 5.32 Å². The Morgan fingerprint density at radius 1 is 1.00 bits per heavy atom. The second kappa shape index (κ2) is 11.4. The molecule has 30 heavy (non-hydrogen) atoms. The summed E-state index contributed by atoms with van der Waals surface area (Å²) in [5, 5.41) is 2.60. The van der Waals surface area contributed by atoms with Gasteiger partial charge in [0.05, 0.1) is 20.3 Å². The van der Waals surface area contributed by atoms with Gasteiger partial charge < -0.3 is 19.5 Å². The summed E-state index contributed by atoms with van der Waals surface area (Å²) in [6.45, 7) is 0.918. The monoisotopic (exact) mass is 411 g/mol. The lowest BCUT2D eigenvalue weighted by molar-refractivity contribution is -0.144. The van der Waals surface area contributed by atoms with Crippen molar-refractivity contribution in [1.29, 1.82) is 0 Å². The molecular weight excluding hydrogens is 386 g/mol.